The molecule has 0 unspecified atom stereocenters. The maximum atomic E-state index is 13.0. The second-order valence-corrected chi connectivity index (χ2v) is 8.70. The van der Waals surface area contributed by atoms with Crippen LogP contribution in [0.2, 0.25) is 0 Å². The lowest BCUT2D eigenvalue weighted by atomic mass is 10.1. The van der Waals surface area contributed by atoms with Crippen LogP contribution in [-0.2, 0) is 10.0 Å². The van der Waals surface area contributed by atoms with Crippen LogP contribution in [0.5, 0.6) is 0 Å². The first-order chi connectivity index (χ1) is 12.2. The van der Waals surface area contributed by atoms with E-state index >= 15 is 0 Å². The van der Waals surface area contributed by atoms with Gasteiger partial charge in [-0.2, -0.15) is 4.31 Å². The molecule has 1 aliphatic rings. The van der Waals surface area contributed by atoms with E-state index in [9.17, 15) is 8.42 Å². The molecule has 1 saturated heterocycles. The van der Waals surface area contributed by atoms with Crippen molar-refractivity contribution in [3.8, 4) is 10.8 Å². The van der Waals surface area contributed by atoms with Crippen LogP contribution in [0.25, 0.3) is 10.8 Å². The molecule has 3 aromatic rings. The third-order valence-corrected chi connectivity index (χ3v) is 7.04. The van der Waals surface area contributed by atoms with E-state index in [0.29, 0.717) is 29.6 Å². The van der Waals surface area contributed by atoms with E-state index in [-0.39, 0.29) is 0 Å². The zero-order valence-electron chi connectivity index (χ0n) is 13.4. The van der Waals surface area contributed by atoms with Crippen molar-refractivity contribution in [3.63, 3.8) is 0 Å². The van der Waals surface area contributed by atoms with Crippen LogP contribution in [0.15, 0.2) is 57.2 Å². The summed E-state index contributed by atoms with van der Waals surface area (Å²) in [7, 11) is -3.60. The molecule has 0 N–H and O–H groups in total. The lowest BCUT2D eigenvalue weighted by Crippen LogP contribution is -2.38. The molecule has 0 aliphatic carbocycles. The predicted octanol–water partition coefficient (Wildman–Crippen LogP) is 3.71. The van der Waals surface area contributed by atoms with E-state index < -0.39 is 16.1 Å². The van der Waals surface area contributed by atoms with Gasteiger partial charge in [0.05, 0.1) is 9.77 Å². The largest absolute Gasteiger partial charge is 0.418 e. The minimum Gasteiger partial charge on any atom is -0.418 e. The van der Waals surface area contributed by atoms with Crippen LogP contribution in [0.1, 0.15) is 31.2 Å². The number of thiophene rings is 1. The molecule has 1 aliphatic heterocycles. The van der Waals surface area contributed by atoms with Gasteiger partial charge < -0.3 is 4.42 Å². The Hall–Kier alpha value is -2.03. The second-order valence-electron chi connectivity index (χ2n) is 5.86. The summed E-state index contributed by atoms with van der Waals surface area (Å²) in [5, 5.41) is 10.2. The number of hydrogen-bond donors (Lipinski definition) is 0. The van der Waals surface area contributed by atoms with Crippen LogP contribution in [0, 0.1) is 0 Å². The molecule has 1 aromatic carbocycles. The van der Waals surface area contributed by atoms with Crippen molar-refractivity contribution in [2.75, 3.05) is 6.54 Å². The molecule has 1 atom stereocenters. The molecule has 3 heterocycles. The van der Waals surface area contributed by atoms with Crippen molar-refractivity contribution in [3.05, 3.63) is 53.7 Å². The van der Waals surface area contributed by atoms with Crippen LogP contribution in [0.3, 0.4) is 0 Å². The Bertz CT molecular complexity index is 937. The first-order valence-corrected chi connectivity index (χ1v) is 10.4. The van der Waals surface area contributed by atoms with Crippen molar-refractivity contribution < 1.29 is 12.8 Å². The average molecular weight is 375 g/mol. The van der Waals surface area contributed by atoms with Gasteiger partial charge in [0, 0.05) is 6.54 Å². The van der Waals surface area contributed by atoms with Crippen LogP contribution < -0.4 is 0 Å². The fraction of sp³-hybridized carbons (Fsp3) is 0.294. The smallest absolute Gasteiger partial charge is 0.257 e. The first kappa shape index (κ1) is 16.4. The van der Waals surface area contributed by atoms with Gasteiger partial charge in [-0.05, 0) is 36.4 Å². The van der Waals surface area contributed by atoms with Gasteiger partial charge in [-0.1, -0.05) is 30.7 Å². The van der Waals surface area contributed by atoms with Crippen molar-refractivity contribution in [2.45, 2.75) is 30.2 Å². The Morgan fingerprint density at radius 3 is 2.68 bits per heavy atom. The summed E-state index contributed by atoms with van der Waals surface area (Å²) in [5.41, 5.74) is 0. The fourth-order valence-electron chi connectivity index (χ4n) is 3.04. The normalized spacial score (nSPS) is 19.1. The molecule has 130 valence electrons. The van der Waals surface area contributed by atoms with E-state index in [4.69, 9.17) is 4.42 Å². The lowest BCUT2D eigenvalue weighted by Gasteiger charge is -2.32. The standard InChI is InChI=1S/C17H17N3O3S2/c21-25(22,13-7-2-1-3-8-13)20-11-5-4-9-14(20)16-18-19-17(23-16)15-10-6-12-24-15/h1-3,6-8,10,12,14H,4-5,9,11H2/t14-/m1/s1. The van der Waals surface area contributed by atoms with E-state index in [2.05, 4.69) is 10.2 Å². The highest BCUT2D eigenvalue weighted by Gasteiger charge is 2.37. The first-order valence-electron chi connectivity index (χ1n) is 8.10. The maximum Gasteiger partial charge on any atom is 0.257 e. The highest BCUT2D eigenvalue weighted by molar-refractivity contribution is 7.89. The van der Waals surface area contributed by atoms with Gasteiger partial charge in [0.2, 0.25) is 15.9 Å². The zero-order chi connectivity index (χ0) is 17.3. The summed E-state index contributed by atoms with van der Waals surface area (Å²) >= 11 is 1.51. The molecule has 0 spiro atoms. The van der Waals surface area contributed by atoms with Gasteiger partial charge in [-0.15, -0.1) is 21.5 Å². The van der Waals surface area contributed by atoms with Gasteiger partial charge >= 0.3 is 0 Å². The minimum atomic E-state index is -3.60. The molecule has 0 amide bonds. The Balaban J connectivity index is 1.68. The molecule has 6 nitrogen and oxygen atoms in total. The van der Waals surface area contributed by atoms with Gasteiger partial charge in [-0.25, -0.2) is 8.42 Å². The van der Waals surface area contributed by atoms with Crippen molar-refractivity contribution in [1.29, 1.82) is 0 Å². The molecular weight excluding hydrogens is 358 g/mol. The number of piperidine rings is 1. The molecule has 25 heavy (non-hydrogen) atoms. The molecule has 4 rings (SSSR count). The quantitative estimate of drug-likeness (QED) is 0.695. The van der Waals surface area contributed by atoms with E-state index in [1.807, 2.05) is 17.5 Å². The number of sulfonamides is 1. The van der Waals surface area contributed by atoms with Gasteiger partial charge in [-0.3, -0.25) is 0 Å². The lowest BCUT2D eigenvalue weighted by molar-refractivity contribution is 0.220. The second kappa shape index (κ2) is 6.70. The molecule has 0 radical (unpaired) electrons. The third-order valence-electron chi connectivity index (χ3n) is 4.26. The maximum absolute atomic E-state index is 13.0. The van der Waals surface area contributed by atoms with E-state index in [1.165, 1.54) is 15.6 Å². The van der Waals surface area contributed by atoms with Crippen molar-refractivity contribution in [2.24, 2.45) is 0 Å². The summed E-state index contributed by atoms with van der Waals surface area (Å²) in [5.74, 6) is 0.801. The monoisotopic (exact) mass is 375 g/mol. The zero-order valence-corrected chi connectivity index (χ0v) is 15.0. The molecule has 0 bridgehead atoms. The SMILES string of the molecule is O=S(=O)(c1ccccc1)N1CCCC[C@@H]1c1nnc(-c2cccs2)o1. The van der Waals surface area contributed by atoms with Crippen LogP contribution in [-0.4, -0.2) is 29.5 Å². The fourth-order valence-corrected chi connectivity index (χ4v) is 5.35. The van der Waals surface area contributed by atoms with E-state index in [1.54, 1.807) is 30.3 Å². The molecule has 2 aromatic heterocycles. The molecular formula is C17H17N3O3S2. The average Bonchev–Trinajstić information content (AvgIpc) is 3.34. The Morgan fingerprint density at radius 2 is 1.92 bits per heavy atom. The van der Waals surface area contributed by atoms with Crippen molar-refractivity contribution >= 4 is 21.4 Å². The summed E-state index contributed by atoms with van der Waals surface area (Å²) in [6.45, 7) is 0.457. The number of rotatable bonds is 4. The summed E-state index contributed by atoms with van der Waals surface area (Å²) in [6.07, 6.45) is 2.44. The van der Waals surface area contributed by atoms with Crippen LogP contribution in [0.4, 0.5) is 0 Å². The van der Waals surface area contributed by atoms with Crippen LogP contribution >= 0.6 is 11.3 Å². The Morgan fingerprint density at radius 1 is 1.08 bits per heavy atom. The molecule has 8 heteroatoms. The summed E-state index contributed by atoms with van der Waals surface area (Å²) < 4.78 is 33.4. The minimum absolute atomic E-state index is 0.292. The van der Waals surface area contributed by atoms with Crippen molar-refractivity contribution in [1.82, 2.24) is 14.5 Å². The van der Waals surface area contributed by atoms with E-state index in [0.717, 1.165) is 17.7 Å². The van der Waals surface area contributed by atoms with Gasteiger partial charge in [0.25, 0.3) is 5.89 Å². The topological polar surface area (TPSA) is 76.3 Å². The third kappa shape index (κ3) is 3.12. The Kier molecular flexibility index (Phi) is 4.41. The number of benzene rings is 1. The number of hydrogen-bond acceptors (Lipinski definition) is 6. The predicted molar refractivity (Wildman–Crippen MR) is 94.5 cm³/mol. The summed E-state index contributed by atoms with van der Waals surface area (Å²) in [6, 6.07) is 11.9. The molecule has 1 fully saturated rings. The van der Waals surface area contributed by atoms with Gasteiger partial charge in [0.1, 0.15) is 6.04 Å². The Labute approximate surface area is 150 Å². The number of aromatic nitrogens is 2. The highest BCUT2D eigenvalue weighted by atomic mass is 32.2. The summed E-state index contributed by atoms with van der Waals surface area (Å²) in [4.78, 5) is 1.17. The number of nitrogens with zero attached hydrogens (tertiary/aromatic N) is 3. The van der Waals surface area contributed by atoms with Gasteiger partial charge in [0.15, 0.2) is 0 Å². The highest BCUT2D eigenvalue weighted by Crippen LogP contribution is 2.36. The molecule has 0 saturated carbocycles.